The number of alkyl carbamates (subject to hydrolysis) is 1. The maximum absolute atomic E-state index is 12.6. The number of hydrogen-bond acceptors (Lipinski definition) is 8. The van der Waals surface area contributed by atoms with Crippen LogP contribution in [0.1, 0.15) is 66.6 Å². The van der Waals surface area contributed by atoms with Crippen LogP contribution in [0, 0.1) is 0 Å². The summed E-state index contributed by atoms with van der Waals surface area (Å²) in [5.74, 6) is -0.223. The molecule has 38 heavy (non-hydrogen) atoms. The number of amides is 2. The maximum Gasteiger partial charge on any atom is 0.407 e. The Kier molecular flexibility index (Phi) is 10.0. The van der Waals surface area contributed by atoms with E-state index in [4.69, 9.17) is 4.74 Å². The molecule has 202 valence electrons. The van der Waals surface area contributed by atoms with Crippen LogP contribution in [0.3, 0.4) is 0 Å². The standard InChI is InChI=1S/C27H35N7O4/c1-27(2,3)38-26(37)29-17-20-9-7-8-19(14-20)15-23(35)16-22-12-11-21(30-31-22)10-5-6-13-34-18-24(32-33-34)25(36)28-4/h7-9,11-12,14,18H,5-6,10,13,15-17H2,1-4H3,(H,28,36)(H,29,37). The predicted octanol–water partition coefficient (Wildman–Crippen LogP) is 2.83. The van der Waals surface area contributed by atoms with Gasteiger partial charge in [0.15, 0.2) is 5.69 Å². The number of carbonyl (C=O) groups is 3. The van der Waals surface area contributed by atoms with E-state index in [9.17, 15) is 14.4 Å². The van der Waals surface area contributed by atoms with E-state index < -0.39 is 11.7 Å². The van der Waals surface area contributed by atoms with Crippen molar-refractivity contribution in [2.45, 2.75) is 71.6 Å². The van der Waals surface area contributed by atoms with E-state index in [1.54, 1.807) is 17.9 Å². The van der Waals surface area contributed by atoms with Gasteiger partial charge < -0.3 is 15.4 Å². The van der Waals surface area contributed by atoms with Crippen molar-refractivity contribution in [3.05, 3.63) is 70.8 Å². The van der Waals surface area contributed by atoms with Crippen molar-refractivity contribution in [2.24, 2.45) is 0 Å². The first-order valence-electron chi connectivity index (χ1n) is 12.6. The van der Waals surface area contributed by atoms with Crippen molar-refractivity contribution >= 4 is 17.8 Å². The Morgan fingerprint density at radius 3 is 2.39 bits per heavy atom. The number of ether oxygens (including phenoxy) is 1. The molecule has 0 aliphatic rings. The number of rotatable bonds is 12. The highest BCUT2D eigenvalue weighted by atomic mass is 16.6. The van der Waals surface area contributed by atoms with Crippen LogP contribution in [-0.2, 0) is 41.9 Å². The predicted molar refractivity (Wildman–Crippen MR) is 140 cm³/mol. The van der Waals surface area contributed by atoms with E-state index in [0.717, 1.165) is 36.1 Å². The van der Waals surface area contributed by atoms with Crippen LogP contribution in [0.15, 0.2) is 42.6 Å². The van der Waals surface area contributed by atoms with Crippen molar-refractivity contribution in [2.75, 3.05) is 7.05 Å². The molecule has 1 aromatic carbocycles. The third-order valence-electron chi connectivity index (χ3n) is 5.45. The largest absolute Gasteiger partial charge is 0.444 e. The minimum Gasteiger partial charge on any atom is -0.444 e. The van der Waals surface area contributed by atoms with E-state index in [0.29, 0.717) is 24.5 Å². The van der Waals surface area contributed by atoms with Crippen LogP contribution in [0.5, 0.6) is 0 Å². The summed E-state index contributed by atoms with van der Waals surface area (Å²) in [6.07, 6.45) is 4.10. The third-order valence-corrected chi connectivity index (χ3v) is 5.45. The number of unbranched alkanes of at least 4 members (excludes halogenated alkanes) is 1. The lowest BCUT2D eigenvalue weighted by atomic mass is 10.0. The lowest BCUT2D eigenvalue weighted by Crippen LogP contribution is -2.32. The van der Waals surface area contributed by atoms with Crippen molar-refractivity contribution in [3.8, 4) is 0 Å². The van der Waals surface area contributed by atoms with Crippen molar-refractivity contribution in [1.82, 2.24) is 35.8 Å². The first-order valence-corrected chi connectivity index (χ1v) is 12.6. The summed E-state index contributed by atoms with van der Waals surface area (Å²) in [7, 11) is 1.55. The van der Waals surface area contributed by atoms with Crippen LogP contribution < -0.4 is 10.6 Å². The summed E-state index contributed by atoms with van der Waals surface area (Å²) < 4.78 is 6.90. The molecule has 11 nitrogen and oxygen atoms in total. The fraction of sp³-hybridized carbons (Fsp3) is 0.444. The Morgan fingerprint density at radius 2 is 1.68 bits per heavy atom. The van der Waals surface area contributed by atoms with Gasteiger partial charge in [-0.3, -0.25) is 14.3 Å². The second-order valence-electron chi connectivity index (χ2n) is 9.99. The second-order valence-corrected chi connectivity index (χ2v) is 9.99. The molecule has 0 saturated carbocycles. The normalized spacial score (nSPS) is 11.2. The number of nitrogens with one attached hydrogen (secondary N) is 2. The first kappa shape index (κ1) is 28.4. The molecular weight excluding hydrogens is 486 g/mol. The number of aromatic nitrogens is 5. The molecule has 0 atom stereocenters. The van der Waals surface area contributed by atoms with Crippen LogP contribution in [-0.4, -0.2) is 55.6 Å². The van der Waals surface area contributed by atoms with Crippen LogP contribution in [0.2, 0.25) is 0 Å². The Morgan fingerprint density at radius 1 is 0.947 bits per heavy atom. The highest BCUT2D eigenvalue weighted by Crippen LogP contribution is 2.11. The average molecular weight is 522 g/mol. The second kappa shape index (κ2) is 13.4. The molecule has 0 aliphatic heterocycles. The molecular formula is C27H35N7O4. The lowest BCUT2D eigenvalue weighted by molar-refractivity contribution is -0.117. The highest BCUT2D eigenvalue weighted by Gasteiger charge is 2.16. The molecule has 0 unspecified atom stereocenters. The zero-order chi connectivity index (χ0) is 27.5. The van der Waals surface area contributed by atoms with Gasteiger partial charge in [-0.05, 0) is 63.3 Å². The van der Waals surface area contributed by atoms with Gasteiger partial charge >= 0.3 is 6.09 Å². The Hall–Kier alpha value is -4.15. The van der Waals surface area contributed by atoms with Gasteiger partial charge in [0.2, 0.25) is 0 Å². The van der Waals surface area contributed by atoms with Crippen LogP contribution in [0.4, 0.5) is 4.79 Å². The van der Waals surface area contributed by atoms with E-state index in [1.807, 2.05) is 57.2 Å². The smallest absolute Gasteiger partial charge is 0.407 e. The first-order chi connectivity index (χ1) is 18.1. The fourth-order valence-electron chi connectivity index (χ4n) is 3.67. The summed E-state index contributed by atoms with van der Waals surface area (Å²) in [6.45, 7) is 6.41. The quantitative estimate of drug-likeness (QED) is 0.347. The molecule has 0 fully saturated rings. The molecule has 2 amide bonds. The molecule has 3 rings (SSSR count). The summed E-state index contributed by atoms with van der Waals surface area (Å²) >= 11 is 0. The monoisotopic (exact) mass is 521 g/mol. The van der Waals surface area contributed by atoms with Gasteiger partial charge in [0, 0.05) is 26.6 Å². The summed E-state index contributed by atoms with van der Waals surface area (Å²) in [4.78, 5) is 36.0. The molecule has 0 radical (unpaired) electrons. The zero-order valence-corrected chi connectivity index (χ0v) is 22.4. The van der Waals surface area contributed by atoms with Gasteiger partial charge in [0.05, 0.1) is 24.0 Å². The summed E-state index contributed by atoms with van der Waals surface area (Å²) in [5, 5.41) is 21.5. The molecule has 0 saturated heterocycles. The molecule has 3 aromatic rings. The zero-order valence-electron chi connectivity index (χ0n) is 22.4. The molecule has 11 heteroatoms. The van der Waals surface area contributed by atoms with Gasteiger partial charge in [-0.15, -0.1) is 5.10 Å². The molecule has 0 bridgehead atoms. The van der Waals surface area contributed by atoms with Gasteiger partial charge in [-0.25, -0.2) is 4.79 Å². The molecule has 2 aromatic heterocycles. The Balaban J connectivity index is 1.40. The van der Waals surface area contributed by atoms with Gasteiger partial charge in [0.1, 0.15) is 11.4 Å². The summed E-state index contributed by atoms with van der Waals surface area (Å²) in [5.41, 5.74) is 2.99. The van der Waals surface area contributed by atoms with Gasteiger partial charge in [-0.1, -0.05) is 29.5 Å². The summed E-state index contributed by atoms with van der Waals surface area (Å²) in [6, 6.07) is 11.3. The lowest BCUT2D eigenvalue weighted by Gasteiger charge is -2.19. The molecule has 2 heterocycles. The molecule has 0 spiro atoms. The number of nitrogens with zero attached hydrogens (tertiary/aromatic N) is 5. The number of Topliss-reactive ketones (excluding diaryl/α,β-unsaturated/α-hetero) is 1. The molecule has 0 aliphatic carbocycles. The van der Waals surface area contributed by atoms with E-state index >= 15 is 0 Å². The topological polar surface area (TPSA) is 141 Å². The Bertz CT molecular complexity index is 1230. The van der Waals surface area contributed by atoms with Crippen LogP contribution >= 0.6 is 0 Å². The van der Waals surface area contributed by atoms with Crippen molar-refractivity contribution < 1.29 is 19.1 Å². The number of hydrogen-bond donors (Lipinski definition) is 2. The average Bonchev–Trinajstić information content (AvgIpc) is 3.34. The molecule has 2 N–H and O–H groups in total. The number of carbonyl (C=O) groups excluding carboxylic acids is 3. The maximum atomic E-state index is 12.6. The van der Waals surface area contributed by atoms with E-state index in [-0.39, 0.29) is 24.5 Å². The third kappa shape index (κ3) is 9.72. The van der Waals surface area contributed by atoms with Crippen molar-refractivity contribution in [1.29, 1.82) is 0 Å². The van der Waals surface area contributed by atoms with Crippen LogP contribution in [0.25, 0.3) is 0 Å². The van der Waals surface area contributed by atoms with Crippen molar-refractivity contribution in [3.63, 3.8) is 0 Å². The van der Waals surface area contributed by atoms with E-state index in [1.165, 1.54) is 0 Å². The SMILES string of the molecule is CNC(=O)c1cn(CCCCc2ccc(CC(=O)Cc3cccc(CNC(=O)OC(C)(C)C)c3)nn2)nn1. The minimum atomic E-state index is -0.557. The minimum absolute atomic E-state index is 0.0354. The number of benzene rings is 1. The number of aryl methyl sites for hydroxylation is 2. The van der Waals surface area contributed by atoms with E-state index in [2.05, 4.69) is 31.1 Å². The number of ketones is 1. The Labute approximate surface area is 222 Å². The van der Waals surface area contributed by atoms with Gasteiger partial charge in [0.25, 0.3) is 5.91 Å². The fourth-order valence-corrected chi connectivity index (χ4v) is 3.67. The van der Waals surface area contributed by atoms with Gasteiger partial charge in [-0.2, -0.15) is 10.2 Å². The highest BCUT2D eigenvalue weighted by molar-refractivity contribution is 5.91.